The van der Waals surface area contributed by atoms with Crippen LogP contribution in [0.2, 0.25) is 0 Å². The van der Waals surface area contributed by atoms with Gasteiger partial charge in [0.25, 0.3) is 5.91 Å². The summed E-state index contributed by atoms with van der Waals surface area (Å²) in [7, 11) is 1.50. The lowest BCUT2D eigenvalue weighted by molar-refractivity contribution is -0.155. The van der Waals surface area contributed by atoms with E-state index in [0.717, 1.165) is 5.56 Å². The standard InChI is InChI=1S/C22H24FNO5/c1-5-6-16-8-10-19(20(11-16)27-4)28-13-21(25)29-15(3)22(26)24-17-9-7-14(2)18(23)12-17/h5,7-12,15H,1,6,13H2,2-4H3,(H,24,26)/t15-/m0/s1. The van der Waals surface area contributed by atoms with E-state index in [0.29, 0.717) is 23.5 Å². The van der Waals surface area contributed by atoms with Crippen LogP contribution >= 0.6 is 0 Å². The molecule has 0 fully saturated rings. The molecule has 1 atom stereocenters. The van der Waals surface area contributed by atoms with Gasteiger partial charge in [-0.1, -0.05) is 18.2 Å². The van der Waals surface area contributed by atoms with Gasteiger partial charge in [-0.3, -0.25) is 4.79 Å². The van der Waals surface area contributed by atoms with Crippen LogP contribution in [0.5, 0.6) is 11.5 Å². The summed E-state index contributed by atoms with van der Waals surface area (Å²) >= 11 is 0. The first kappa shape index (κ1) is 21.9. The Morgan fingerprint density at radius 2 is 1.97 bits per heavy atom. The fourth-order valence-electron chi connectivity index (χ4n) is 2.46. The molecule has 2 aromatic rings. The second-order valence-corrected chi connectivity index (χ2v) is 6.35. The second kappa shape index (κ2) is 10.3. The van der Waals surface area contributed by atoms with Gasteiger partial charge < -0.3 is 19.5 Å². The van der Waals surface area contributed by atoms with Gasteiger partial charge in [-0.05, 0) is 55.7 Å². The number of benzene rings is 2. The zero-order valence-corrected chi connectivity index (χ0v) is 16.7. The third kappa shape index (κ3) is 6.34. The number of rotatable bonds is 9. The number of esters is 1. The lowest BCUT2D eigenvalue weighted by atomic mass is 10.1. The maximum absolute atomic E-state index is 13.6. The number of anilines is 1. The minimum atomic E-state index is -1.08. The fourth-order valence-corrected chi connectivity index (χ4v) is 2.46. The van der Waals surface area contributed by atoms with E-state index in [1.807, 2.05) is 6.07 Å². The van der Waals surface area contributed by atoms with E-state index in [2.05, 4.69) is 11.9 Å². The summed E-state index contributed by atoms with van der Waals surface area (Å²) in [6, 6.07) is 9.63. The van der Waals surface area contributed by atoms with Crippen LogP contribution in [-0.2, 0) is 20.7 Å². The minimum Gasteiger partial charge on any atom is -0.493 e. The SMILES string of the molecule is C=CCc1ccc(OCC(=O)O[C@@H](C)C(=O)Nc2ccc(C)c(F)c2)c(OC)c1. The zero-order chi connectivity index (χ0) is 21.4. The van der Waals surface area contributed by atoms with E-state index in [1.165, 1.54) is 20.1 Å². The van der Waals surface area contributed by atoms with E-state index in [4.69, 9.17) is 14.2 Å². The van der Waals surface area contributed by atoms with Gasteiger partial charge in [-0.25, -0.2) is 9.18 Å². The van der Waals surface area contributed by atoms with Gasteiger partial charge in [0.05, 0.1) is 7.11 Å². The summed E-state index contributed by atoms with van der Waals surface area (Å²) in [5, 5.41) is 2.50. The van der Waals surface area contributed by atoms with Crippen LogP contribution in [0.15, 0.2) is 49.1 Å². The molecule has 1 N–H and O–H groups in total. The van der Waals surface area contributed by atoms with Crippen LogP contribution in [0.4, 0.5) is 10.1 Å². The summed E-state index contributed by atoms with van der Waals surface area (Å²) in [5.41, 5.74) is 1.73. The molecule has 0 aliphatic carbocycles. The van der Waals surface area contributed by atoms with Gasteiger partial charge in [0.15, 0.2) is 24.2 Å². The number of aryl methyl sites for hydroxylation is 1. The van der Waals surface area contributed by atoms with Crippen molar-refractivity contribution in [2.24, 2.45) is 0 Å². The number of allylic oxidation sites excluding steroid dienone is 1. The largest absolute Gasteiger partial charge is 0.493 e. The Balaban J connectivity index is 1.88. The molecule has 6 nitrogen and oxygen atoms in total. The highest BCUT2D eigenvalue weighted by Crippen LogP contribution is 2.28. The monoisotopic (exact) mass is 401 g/mol. The molecule has 0 unspecified atom stereocenters. The predicted octanol–water partition coefficient (Wildman–Crippen LogP) is 3.82. The molecule has 0 saturated heterocycles. The van der Waals surface area contributed by atoms with Crippen molar-refractivity contribution >= 4 is 17.6 Å². The van der Waals surface area contributed by atoms with Crippen LogP contribution < -0.4 is 14.8 Å². The highest BCUT2D eigenvalue weighted by Gasteiger charge is 2.19. The average molecular weight is 401 g/mol. The van der Waals surface area contributed by atoms with Crippen LogP contribution in [-0.4, -0.2) is 31.7 Å². The second-order valence-electron chi connectivity index (χ2n) is 6.35. The van der Waals surface area contributed by atoms with Gasteiger partial charge in [0.2, 0.25) is 0 Å². The number of ether oxygens (including phenoxy) is 3. The molecular formula is C22H24FNO5. The molecule has 2 aromatic carbocycles. The average Bonchev–Trinajstić information content (AvgIpc) is 2.69. The van der Waals surface area contributed by atoms with Gasteiger partial charge >= 0.3 is 5.97 Å². The molecular weight excluding hydrogens is 377 g/mol. The molecule has 0 heterocycles. The van der Waals surface area contributed by atoms with E-state index < -0.39 is 30.4 Å². The number of carbonyl (C=O) groups excluding carboxylic acids is 2. The van der Waals surface area contributed by atoms with Gasteiger partial charge in [0, 0.05) is 5.69 Å². The first-order chi connectivity index (χ1) is 13.8. The lowest BCUT2D eigenvalue weighted by Crippen LogP contribution is -2.31. The van der Waals surface area contributed by atoms with Crippen molar-refractivity contribution in [3.05, 3.63) is 66.0 Å². The maximum Gasteiger partial charge on any atom is 0.344 e. The Morgan fingerprint density at radius 1 is 1.21 bits per heavy atom. The molecule has 1 amide bonds. The van der Waals surface area contributed by atoms with Crippen LogP contribution in [0.1, 0.15) is 18.1 Å². The van der Waals surface area contributed by atoms with Crippen molar-refractivity contribution in [2.75, 3.05) is 19.0 Å². The number of hydrogen-bond donors (Lipinski definition) is 1. The van der Waals surface area contributed by atoms with Crippen molar-refractivity contribution in [1.82, 2.24) is 0 Å². The number of nitrogens with one attached hydrogen (secondary N) is 1. The molecule has 154 valence electrons. The predicted molar refractivity (Wildman–Crippen MR) is 108 cm³/mol. The molecule has 0 saturated carbocycles. The Hall–Kier alpha value is -3.35. The van der Waals surface area contributed by atoms with Crippen molar-refractivity contribution in [3.63, 3.8) is 0 Å². The molecule has 0 aromatic heterocycles. The van der Waals surface area contributed by atoms with E-state index in [-0.39, 0.29) is 5.69 Å². The normalized spacial score (nSPS) is 11.3. The lowest BCUT2D eigenvalue weighted by Gasteiger charge is -2.15. The first-order valence-corrected chi connectivity index (χ1v) is 9.01. The molecule has 0 aliphatic rings. The Morgan fingerprint density at radius 3 is 2.62 bits per heavy atom. The zero-order valence-electron chi connectivity index (χ0n) is 16.7. The Labute approximate surface area is 169 Å². The summed E-state index contributed by atoms with van der Waals surface area (Å²) in [4.78, 5) is 24.1. The number of carbonyl (C=O) groups is 2. The minimum absolute atomic E-state index is 0.279. The third-order valence-corrected chi connectivity index (χ3v) is 4.07. The highest BCUT2D eigenvalue weighted by atomic mass is 19.1. The molecule has 0 bridgehead atoms. The van der Waals surface area contributed by atoms with Crippen molar-refractivity contribution in [1.29, 1.82) is 0 Å². The number of amides is 1. The number of halogens is 1. The van der Waals surface area contributed by atoms with Gasteiger partial charge in [-0.15, -0.1) is 6.58 Å². The molecule has 2 rings (SSSR count). The highest BCUT2D eigenvalue weighted by molar-refractivity contribution is 5.95. The van der Waals surface area contributed by atoms with E-state index in [1.54, 1.807) is 37.3 Å². The maximum atomic E-state index is 13.6. The molecule has 0 aliphatic heterocycles. The third-order valence-electron chi connectivity index (χ3n) is 4.07. The van der Waals surface area contributed by atoms with Crippen molar-refractivity contribution < 1.29 is 28.2 Å². The summed E-state index contributed by atoms with van der Waals surface area (Å²) in [6.45, 7) is 6.33. The van der Waals surface area contributed by atoms with Crippen LogP contribution in [0.25, 0.3) is 0 Å². The molecule has 7 heteroatoms. The first-order valence-electron chi connectivity index (χ1n) is 9.01. The van der Waals surface area contributed by atoms with Crippen LogP contribution in [0.3, 0.4) is 0 Å². The summed E-state index contributed by atoms with van der Waals surface area (Å²) in [6.07, 6.45) is 1.37. The van der Waals surface area contributed by atoms with E-state index >= 15 is 0 Å². The quantitative estimate of drug-likeness (QED) is 0.511. The molecule has 0 radical (unpaired) electrons. The molecule has 29 heavy (non-hydrogen) atoms. The number of hydrogen-bond acceptors (Lipinski definition) is 5. The van der Waals surface area contributed by atoms with E-state index in [9.17, 15) is 14.0 Å². The van der Waals surface area contributed by atoms with Crippen molar-refractivity contribution in [3.8, 4) is 11.5 Å². The van der Waals surface area contributed by atoms with Gasteiger partial charge in [-0.2, -0.15) is 0 Å². The Bertz CT molecular complexity index is 897. The molecule has 0 spiro atoms. The summed E-state index contributed by atoms with van der Waals surface area (Å²) in [5.74, 6) is -0.879. The van der Waals surface area contributed by atoms with Crippen LogP contribution in [0, 0.1) is 12.7 Å². The Kier molecular flexibility index (Phi) is 7.77. The smallest absolute Gasteiger partial charge is 0.344 e. The van der Waals surface area contributed by atoms with Gasteiger partial charge in [0.1, 0.15) is 5.82 Å². The number of methoxy groups -OCH3 is 1. The fraction of sp³-hybridized carbons (Fsp3) is 0.273. The van der Waals surface area contributed by atoms with Crippen molar-refractivity contribution in [2.45, 2.75) is 26.4 Å². The topological polar surface area (TPSA) is 73.9 Å². The summed E-state index contributed by atoms with van der Waals surface area (Å²) < 4.78 is 29.3.